The Hall–Kier alpha value is -1.10. The van der Waals surface area contributed by atoms with E-state index in [1.165, 1.54) is 116 Å². The number of hydrogen-bond donors (Lipinski definition) is 3. The topological polar surface area (TPSA) is 70.2 Å². The first-order valence-corrected chi connectivity index (χ1v) is 16.4. The molecule has 0 heterocycles. The normalized spacial score (nSPS) is 11.2. The van der Waals surface area contributed by atoms with Crippen LogP contribution in [-0.4, -0.2) is 31.6 Å². The zero-order valence-electron chi connectivity index (χ0n) is 25.3. The van der Waals surface area contributed by atoms with Crippen molar-refractivity contribution in [1.29, 1.82) is 0 Å². The zero-order chi connectivity index (χ0) is 27.2. The van der Waals surface area contributed by atoms with E-state index in [4.69, 9.17) is 0 Å². The van der Waals surface area contributed by atoms with E-state index in [1.807, 2.05) is 7.05 Å². The predicted molar refractivity (Wildman–Crippen MR) is 161 cm³/mol. The van der Waals surface area contributed by atoms with Crippen molar-refractivity contribution >= 4 is 11.8 Å². The molecule has 0 rings (SSSR count). The molecule has 0 spiro atoms. The van der Waals surface area contributed by atoms with Gasteiger partial charge in [-0.15, -0.1) is 0 Å². The van der Waals surface area contributed by atoms with Crippen molar-refractivity contribution in [2.45, 2.75) is 181 Å². The summed E-state index contributed by atoms with van der Waals surface area (Å²) >= 11 is 0. The van der Waals surface area contributed by atoms with Gasteiger partial charge in [-0.25, -0.2) is 0 Å². The van der Waals surface area contributed by atoms with Crippen LogP contribution in [0.1, 0.15) is 174 Å². The second-order valence-electron chi connectivity index (χ2n) is 11.2. The lowest BCUT2D eigenvalue weighted by atomic mass is 10.1. The molecule has 0 bridgehead atoms. The predicted octanol–water partition coefficient (Wildman–Crippen LogP) is 8.56. The molecule has 220 valence electrons. The molecular formula is C32H65N3O2. The van der Waals surface area contributed by atoms with Crippen molar-refractivity contribution in [3.8, 4) is 0 Å². The maximum Gasteiger partial charge on any atom is 0.221 e. The lowest BCUT2D eigenvalue weighted by Gasteiger charge is -2.20. The molecule has 5 heteroatoms. The van der Waals surface area contributed by atoms with E-state index >= 15 is 0 Å². The van der Waals surface area contributed by atoms with Gasteiger partial charge in [0.15, 0.2) is 0 Å². The number of nitrogens with one attached hydrogen (secondary N) is 3. The van der Waals surface area contributed by atoms with Crippen LogP contribution in [0.25, 0.3) is 0 Å². The molecule has 5 nitrogen and oxygen atoms in total. The molecule has 0 saturated carbocycles. The molecule has 0 aromatic carbocycles. The summed E-state index contributed by atoms with van der Waals surface area (Å²) in [5.74, 6) is 0.124. The number of carbonyl (C=O) groups is 2. The SMILES string of the molecule is CCCCCCCCCCCCCC(=O)NC(CCNC)NC(=O)CCCCCCCCCCCCC. The van der Waals surface area contributed by atoms with E-state index in [2.05, 4.69) is 29.8 Å². The maximum absolute atomic E-state index is 12.4. The van der Waals surface area contributed by atoms with E-state index in [9.17, 15) is 9.59 Å². The van der Waals surface area contributed by atoms with Crippen LogP contribution in [0.5, 0.6) is 0 Å². The highest BCUT2D eigenvalue weighted by molar-refractivity contribution is 5.79. The monoisotopic (exact) mass is 524 g/mol. The van der Waals surface area contributed by atoms with Crippen molar-refractivity contribution in [3.05, 3.63) is 0 Å². The van der Waals surface area contributed by atoms with Gasteiger partial charge >= 0.3 is 0 Å². The Morgan fingerprint density at radius 1 is 0.486 bits per heavy atom. The minimum absolute atomic E-state index is 0.0621. The van der Waals surface area contributed by atoms with Crippen LogP contribution in [0.15, 0.2) is 0 Å². The van der Waals surface area contributed by atoms with Crippen molar-refractivity contribution < 1.29 is 9.59 Å². The van der Waals surface area contributed by atoms with Crippen LogP contribution in [0.3, 0.4) is 0 Å². The lowest BCUT2D eigenvalue weighted by molar-refractivity contribution is -0.124. The number of rotatable bonds is 29. The summed E-state index contributed by atoms with van der Waals surface area (Å²) in [4.78, 5) is 24.9. The minimum atomic E-state index is -0.270. The van der Waals surface area contributed by atoms with Gasteiger partial charge in [0.1, 0.15) is 6.17 Å². The van der Waals surface area contributed by atoms with E-state index < -0.39 is 0 Å². The summed E-state index contributed by atoms with van der Waals surface area (Å²) < 4.78 is 0. The maximum atomic E-state index is 12.4. The summed E-state index contributed by atoms with van der Waals surface area (Å²) in [6.07, 6.45) is 29.8. The molecule has 0 aliphatic rings. The van der Waals surface area contributed by atoms with Gasteiger partial charge in [-0.2, -0.15) is 0 Å². The summed E-state index contributed by atoms with van der Waals surface area (Å²) in [6, 6.07) is 0. The molecule has 0 fully saturated rings. The average molecular weight is 524 g/mol. The van der Waals surface area contributed by atoms with Crippen LogP contribution in [-0.2, 0) is 9.59 Å². The molecule has 0 aliphatic heterocycles. The molecule has 0 saturated heterocycles. The van der Waals surface area contributed by atoms with Crippen molar-refractivity contribution in [2.75, 3.05) is 13.6 Å². The van der Waals surface area contributed by atoms with Gasteiger partial charge in [-0.05, 0) is 32.9 Å². The quantitative estimate of drug-likeness (QED) is 0.0679. The van der Waals surface area contributed by atoms with E-state index in [-0.39, 0.29) is 18.0 Å². The first kappa shape index (κ1) is 35.9. The Kier molecular flexibility index (Phi) is 28.6. The van der Waals surface area contributed by atoms with Gasteiger partial charge < -0.3 is 16.0 Å². The van der Waals surface area contributed by atoms with Gasteiger partial charge in [0, 0.05) is 12.8 Å². The van der Waals surface area contributed by atoms with Crippen LogP contribution < -0.4 is 16.0 Å². The van der Waals surface area contributed by atoms with Gasteiger partial charge in [0.2, 0.25) is 11.8 Å². The fourth-order valence-electron chi connectivity index (χ4n) is 4.90. The smallest absolute Gasteiger partial charge is 0.221 e. The number of amides is 2. The van der Waals surface area contributed by atoms with Gasteiger partial charge in [0.05, 0.1) is 0 Å². The molecule has 37 heavy (non-hydrogen) atoms. The molecular weight excluding hydrogens is 458 g/mol. The van der Waals surface area contributed by atoms with Crippen molar-refractivity contribution in [2.24, 2.45) is 0 Å². The van der Waals surface area contributed by atoms with E-state index in [0.29, 0.717) is 19.3 Å². The lowest BCUT2D eigenvalue weighted by Crippen LogP contribution is -2.49. The highest BCUT2D eigenvalue weighted by Crippen LogP contribution is 2.13. The van der Waals surface area contributed by atoms with E-state index in [1.54, 1.807) is 0 Å². The first-order valence-electron chi connectivity index (χ1n) is 16.4. The Labute approximate surface area is 231 Å². The fraction of sp³-hybridized carbons (Fsp3) is 0.938. The molecule has 0 radical (unpaired) electrons. The summed E-state index contributed by atoms with van der Waals surface area (Å²) in [7, 11) is 1.90. The molecule has 0 aliphatic carbocycles. The minimum Gasteiger partial charge on any atom is -0.336 e. The second kappa shape index (κ2) is 29.5. The van der Waals surface area contributed by atoms with Gasteiger partial charge in [-0.1, -0.05) is 142 Å². The number of carbonyl (C=O) groups excluding carboxylic acids is 2. The molecule has 0 unspecified atom stereocenters. The van der Waals surface area contributed by atoms with Crippen LogP contribution in [0.2, 0.25) is 0 Å². The summed E-state index contributed by atoms with van der Waals surface area (Å²) in [6.45, 7) is 5.29. The van der Waals surface area contributed by atoms with Crippen LogP contribution in [0, 0.1) is 0 Å². The van der Waals surface area contributed by atoms with E-state index in [0.717, 1.165) is 32.2 Å². The Balaban J connectivity index is 3.81. The van der Waals surface area contributed by atoms with Gasteiger partial charge in [-0.3, -0.25) is 9.59 Å². The van der Waals surface area contributed by atoms with Crippen LogP contribution >= 0.6 is 0 Å². The highest BCUT2D eigenvalue weighted by atomic mass is 16.2. The fourth-order valence-corrected chi connectivity index (χ4v) is 4.90. The molecule has 2 amide bonds. The molecule has 0 aromatic heterocycles. The number of hydrogen-bond acceptors (Lipinski definition) is 3. The average Bonchev–Trinajstić information content (AvgIpc) is 2.89. The third-order valence-corrected chi connectivity index (χ3v) is 7.37. The zero-order valence-corrected chi connectivity index (χ0v) is 25.3. The number of unbranched alkanes of at least 4 members (excludes halogenated alkanes) is 20. The Morgan fingerprint density at radius 3 is 1.08 bits per heavy atom. The van der Waals surface area contributed by atoms with Crippen molar-refractivity contribution in [3.63, 3.8) is 0 Å². The standard InChI is InChI=1S/C32H65N3O2/c1-4-6-8-10-12-14-16-18-20-22-24-26-31(36)34-30(28-29-33-3)35-32(37)27-25-23-21-19-17-15-13-11-9-7-5-2/h30,33H,4-29H2,1-3H3,(H,34,36)(H,35,37). The molecule has 3 N–H and O–H groups in total. The van der Waals surface area contributed by atoms with Gasteiger partial charge in [0.25, 0.3) is 0 Å². The Morgan fingerprint density at radius 2 is 0.784 bits per heavy atom. The third kappa shape index (κ3) is 27.7. The summed E-state index contributed by atoms with van der Waals surface area (Å²) in [5.41, 5.74) is 0. The van der Waals surface area contributed by atoms with Crippen LogP contribution in [0.4, 0.5) is 0 Å². The Bertz CT molecular complexity index is 458. The summed E-state index contributed by atoms with van der Waals surface area (Å²) in [5, 5.41) is 9.22. The first-order chi connectivity index (χ1) is 18.1. The second-order valence-corrected chi connectivity index (χ2v) is 11.2. The highest BCUT2D eigenvalue weighted by Gasteiger charge is 2.14. The largest absolute Gasteiger partial charge is 0.336 e. The van der Waals surface area contributed by atoms with Crippen molar-refractivity contribution in [1.82, 2.24) is 16.0 Å². The molecule has 0 atom stereocenters. The third-order valence-electron chi connectivity index (χ3n) is 7.37. The molecule has 0 aromatic rings.